The molecule has 0 saturated heterocycles. The van der Waals surface area contributed by atoms with Crippen LogP contribution in [0.3, 0.4) is 0 Å². The van der Waals surface area contributed by atoms with E-state index in [2.05, 4.69) is 4.74 Å². The number of phenols is 1. The number of phenolic OH excluding ortho intramolecular Hbond substituents is 1. The fourth-order valence-electron chi connectivity index (χ4n) is 2.18. The van der Waals surface area contributed by atoms with E-state index in [1.807, 2.05) is 0 Å². The molecule has 3 nitrogen and oxygen atoms in total. The SMILES string of the molecule is O=C(OC(F)(F)C(F)(F)C(F)(F)C(F)(F)C(F)(F)C(F)(F)C(F)(F)C(F)(F)C(F)(F)F)c1ccc(O)cc1. The molecule has 0 heterocycles. The van der Waals surface area contributed by atoms with Crippen LogP contribution in [0.1, 0.15) is 10.4 Å². The number of halogens is 19. The smallest absolute Gasteiger partial charge is 0.473 e. The van der Waals surface area contributed by atoms with Crippen molar-refractivity contribution in [2.75, 3.05) is 0 Å². The molecule has 22 heteroatoms. The maximum absolute atomic E-state index is 13.7. The molecular weight excluding hydrogens is 601 g/mol. The minimum atomic E-state index is -9.07. The number of esters is 1. The molecule has 0 aliphatic heterocycles. The Morgan fingerprint density at radius 2 is 0.789 bits per heavy atom. The summed E-state index contributed by atoms with van der Waals surface area (Å²) in [5.41, 5.74) is -1.36. The van der Waals surface area contributed by atoms with Gasteiger partial charge in [-0.15, -0.1) is 0 Å². The van der Waals surface area contributed by atoms with Crippen molar-refractivity contribution < 1.29 is 98.1 Å². The molecule has 0 aliphatic rings. The van der Waals surface area contributed by atoms with Crippen molar-refractivity contribution in [3.63, 3.8) is 0 Å². The van der Waals surface area contributed by atoms with E-state index in [0.29, 0.717) is 12.1 Å². The Kier molecular flexibility index (Phi) is 7.73. The lowest BCUT2D eigenvalue weighted by molar-refractivity contribution is -0.477. The quantitative estimate of drug-likeness (QED) is 0.240. The molecular formula is C16H5F19O3. The summed E-state index contributed by atoms with van der Waals surface area (Å²) in [7, 11) is 0. The van der Waals surface area contributed by atoms with Crippen molar-refractivity contribution in [2.45, 2.75) is 53.7 Å². The molecule has 38 heavy (non-hydrogen) atoms. The Labute approximate surface area is 194 Å². The molecule has 220 valence electrons. The monoisotopic (exact) mass is 606 g/mol. The van der Waals surface area contributed by atoms with Gasteiger partial charge in [-0.05, 0) is 24.3 Å². The standard InChI is InChI=1S/C16H5F19O3/c17-8(18,9(19,20)11(23,24)13(27,28)15(31,32)33)10(21,22)12(25,26)14(29,30)16(34,35)38-7(37)5-1-3-6(36)4-2-5/h1-4,36H. The van der Waals surface area contributed by atoms with E-state index in [4.69, 9.17) is 5.11 Å². The van der Waals surface area contributed by atoms with E-state index in [-0.39, 0.29) is 12.1 Å². The van der Waals surface area contributed by atoms with Crippen LogP contribution >= 0.6 is 0 Å². The Morgan fingerprint density at radius 3 is 1.11 bits per heavy atom. The molecule has 1 aromatic carbocycles. The summed E-state index contributed by atoms with van der Waals surface area (Å²) in [5.74, 6) is -64.9. The largest absolute Gasteiger partial charge is 0.508 e. The number of carbonyl (C=O) groups excluding carboxylic acids is 1. The van der Waals surface area contributed by atoms with Gasteiger partial charge in [0.1, 0.15) is 5.75 Å². The maximum Gasteiger partial charge on any atom is 0.473 e. The van der Waals surface area contributed by atoms with E-state index in [9.17, 15) is 88.2 Å². The Bertz CT molecular complexity index is 1030. The molecule has 0 aliphatic carbocycles. The average Bonchev–Trinajstić information content (AvgIpc) is 2.71. The van der Waals surface area contributed by atoms with Crippen molar-refractivity contribution in [1.82, 2.24) is 0 Å². The van der Waals surface area contributed by atoms with E-state index >= 15 is 0 Å². The zero-order chi connectivity index (χ0) is 30.8. The summed E-state index contributed by atoms with van der Waals surface area (Å²) in [6.07, 6.45) is -15.4. The molecule has 0 saturated carbocycles. The van der Waals surface area contributed by atoms with Gasteiger partial charge in [-0.1, -0.05) is 0 Å². The first kappa shape index (κ1) is 33.2. The van der Waals surface area contributed by atoms with Gasteiger partial charge in [-0.25, -0.2) is 4.79 Å². The maximum atomic E-state index is 13.7. The Morgan fingerprint density at radius 1 is 0.500 bits per heavy atom. The molecule has 1 rings (SSSR count). The molecule has 1 N–H and O–H groups in total. The average molecular weight is 606 g/mol. The summed E-state index contributed by atoms with van der Waals surface area (Å²) in [6, 6.07) is 1.32. The van der Waals surface area contributed by atoms with Gasteiger partial charge in [0.15, 0.2) is 0 Å². The number of aromatic hydroxyl groups is 1. The van der Waals surface area contributed by atoms with E-state index in [1.165, 1.54) is 0 Å². The van der Waals surface area contributed by atoms with Crippen LogP contribution in [-0.4, -0.2) is 64.8 Å². The second kappa shape index (κ2) is 8.85. The fraction of sp³-hybridized carbons (Fsp3) is 0.562. The van der Waals surface area contributed by atoms with Crippen molar-refractivity contribution >= 4 is 5.97 Å². The minimum Gasteiger partial charge on any atom is -0.508 e. The van der Waals surface area contributed by atoms with Gasteiger partial charge < -0.3 is 9.84 Å². The highest BCUT2D eigenvalue weighted by Crippen LogP contribution is 2.65. The first-order valence-electron chi connectivity index (χ1n) is 8.50. The number of ether oxygens (including phenoxy) is 1. The van der Waals surface area contributed by atoms with Crippen LogP contribution in [0, 0.1) is 0 Å². The molecule has 0 fully saturated rings. The number of hydrogen-bond acceptors (Lipinski definition) is 3. The third-order valence-electron chi connectivity index (χ3n) is 4.41. The number of hydrogen-bond donors (Lipinski definition) is 1. The first-order valence-corrected chi connectivity index (χ1v) is 8.50. The number of benzene rings is 1. The van der Waals surface area contributed by atoms with Crippen molar-refractivity contribution in [3.05, 3.63) is 29.8 Å². The molecule has 0 bridgehead atoms. The number of rotatable bonds is 9. The van der Waals surface area contributed by atoms with Gasteiger partial charge in [-0.2, -0.15) is 83.4 Å². The topological polar surface area (TPSA) is 46.5 Å². The van der Waals surface area contributed by atoms with Gasteiger partial charge in [0.25, 0.3) is 0 Å². The second-order valence-corrected chi connectivity index (χ2v) is 6.97. The lowest BCUT2D eigenvalue weighted by Crippen LogP contribution is -2.76. The second-order valence-electron chi connectivity index (χ2n) is 6.97. The van der Waals surface area contributed by atoms with Gasteiger partial charge in [0.2, 0.25) is 0 Å². The van der Waals surface area contributed by atoms with Crippen LogP contribution in [0.5, 0.6) is 5.75 Å². The van der Waals surface area contributed by atoms with Crippen LogP contribution in [0.4, 0.5) is 83.4 Å². The first-order chi connectivity index (χ1) is 16.4. The summed E-state index contributed by atoms with van der Waals surface area (Å²) in [5, 5.41) is 8.89. The third-order valence-corrected chi connectivity index (χ3v) is 4.41. The van der Waals surface area contributed by atoms with Gasteiger partial charge >= 0.3 is 59.7 Å². The van der Waals surface area contributed by atoms with E-state index in [0.717, 1.165) is 0 Å². The minimum absolute atomic E-state index is 0.232. The highest BCUT2D eigenvalue weighted by atomic mass is 19.4. The van der Waals surface area contributed by atoms with Gasteiger partial charge in [0.05, 0.1) is 5.56 Å². The summed E-state index contributed by atoms with van der Waals surface area (Å²) in [6.45, 7) is 0. The third kappa shape index (κ3) is 4.41. The molecule has 0 amide bonds. The predicted octanol–water partition coefficient (Wildman–Crippen LogP) is 7.15. The zero-order valence-corrected chi connectivity index (χ0v) is 16.8. The highest BCUT2D eigenvalue weighted by Gasteiger charge is 2.97. The number of alkyl halides is 19. The van der Waals surface area contributed by atoms with E-state index < -0.39 is 71.0 Å². The number of carbonyl (C=O) groups is 1. The van der Waals surface area contributed by atoms with Gasteiger partial charge in [0, 0.05) is 0 Å². The van der Waals surface area contributed by atoms with Crippen molar-refractivity contribution in [2.24, 2.45) is 0 Å². The Balaban J connectivity index is 3.61. The predicted molar refractivity (Wildman–Crippen MR) is 79.2 cm³/mol. The molecule has 0 radical (unpaired) electrons. The molecule has 0 spiro atoms. The summed E-state index contributed by atoms with van der Waals surface area (Å²) in [4.78, 5) is 11.4. The fourth-order valence-corrected chi connectivity index (χ4v) is 2.18. The van der Waals surface area contributed by atoms with Crippen molar-refractivity contribution in [3.8, 4) is 5.75 Å². The summed E-state index contributed by atoms with van der Waals surface area (Å²) >= 11 is 0. The van der Waals surface area contributed by atoms with Crippen LogP contribution in [0.15, 0.2) is 24.3 Å². The molecule has 0 atom stereocenters. The lowest BCUT2D eigenvalue weighted by Gasteiger charge is -2.43. The van der Waals surface area contributed by atoms with E-state index in [1.54, 1.807) is 0 Å². The molecule has 0 aromatic heterocycles. The van der Waals surface area contributed by atoms with Gasteiger partial charge in [-0.3, -0.25) is 0 Å². The normalized spacial score (nSPS) is 15.4. The lowest BCUT2D eigenvalue weighted by atomic mass is 9.88. The molecule has 0 unspecified atom stereocenters. The van der Waals surface area contributed by atoms with Crippen LogP contribution < -0.4 is 0 Å². The molecule has 1 aromatic rings. The van der Waals surface area contributed by atoms with Crippen LogP contribution in [0.25, 0.3) is 0 Å². The Hall–Kier alpha value is -2.84. The summed E-state index contributed by atoms with van der Waals surface area (Å²) < 4.78 is 253. The zero-order valence-electron chi connectivity index (χ0n) is 16.8. The van der Waals surface area contributed by atoms with Crippen LogP contribution in [-0.2, 0) is 4.74 Å². The highest BCUT2D eigenvalue weighted by molar-refractivity contribution is 5.89. The van der Waals surface area contributed by atoms with Crippen molar-refractivity contribution in [1.29, 1.82) is 0 Å². The van der Waals surface area contributed by atoms with Crippen LogP contribution in [0.2, 0.25) is 0 Å².